The van der Waals surface area contributed by atoms with Crippen molar-refractivity contribution in [3.8, 4) is 0 Å². The molecular weight excluding hydrogens is 960 g/mol. The van der Waals surface area contributed by atoms with Gasteiger partial charge in [0.1, 0.15) is 11.4 Å². The van der Waals surface area contributed by atoms with Crippen LogP contribution in [0.5, 0.6) is 0 Å². The second kappa shape index (κ2) is 23.0. The predicted octanol–water partition coefficient (Wildman–Crippen LogP) is 2.91. The Morgan fingerprint density at radius 2 is 1.51 bits per heavy atom. The molecule has 0 spiro atoms. The SMILES string of the molecule is CC.CC(C)(C)OC(=O)NCCOCCOCCOCCN([C-]=O)CC(=O)N1CCN(C(=O)c2cc(Cc3n[nH]c(=O)c4ccccc34)ccc2F)CC1.[Fm]. The third kappa shape index (κ3) is 14.8. The number of ether oxygens (including phenoxy) is 4. The van der Waals surface area contributed by atoms with Gasteiger partial charge in [-0.3, -0.25) is 14.4 Å². The molecule has 1 aromatic heterocycles. The summed E-state index contributed by atoms with van der Waals surface area (Å²) in [4.78, 5) is 65.7. The number of benzene rings is 2. The van der Waals surface area contributed by atoms with Crippen molar-refractivity contribution in [1.29, 1.82) is 0 Å². The number of nitrogens with one attached hydrogen (secondary N) is 2. The largest absolute Gasteiger partial charge is 0.520 e. The number of aromatic amines is 1. The Labute approximate surface area is 315 Å². The summed E-state index contributed by atoms with van der Waals surface area (Å²) in [6, 6.07) is 11.4. The smallest absolute Gasteiger partial charge is 0.407 e. The second-order valence-corrected chi connectivity index (χ2v) is 13.0. The van der Waals surface area contributed by atoms with Gasteiger partial charge < -0.3 is 43.8 Å². The van der Waals surface area contributed by atoms with Crippen molar-refractivity contribution in [2.45, 2.75) is 46.6 Å². The van der Waals surface area contributed by atoms with Crippen LogP contribution in [0.1, 0.15) is 56.2 Å². The fraction of sp³-hybridized carbons (Fsp3) is 0.526. The summed E-state index contributed by atoms with van der Waals surface area (Å²) in [6.07, 6.45) is 1.54. The minimum absolute atomic E-state index is 0. The van der Waals surface area contributed by atoms with Gasteiger partial charge in [-0.1, -0.05) is 38.1 Å². The molecule has 4 amide bonds. The zero-order valence-corrected chi connectivity index (χ0v) is 34.5. The summed E-state index contributed by atoms with van der Waals surface area (Å²) in [5.74, 6) is -1.45. The molecule has 4 rings (SSSR count). The summed E-state index contributed by atoms with van der Waals surface area (Å²) in [6.45, 7) is 12.2. The van der Waals surface area contributed by atoms with Gasteiger partial charge in [-0.2, -0.15) is 11.5 Å². The summed E-state index contributed by atoms with van der Waals surface area (Å²) in [5.41, 5.74) is 0.291. The van der Waals surface area contributed by atoms with E-state index in [1.165, 1.54) is 21.9 Å². The van der Waals surface area contributed by atoms with Gasteiger partial charge in [0.25, 0.3) is 11.5 Å². The third-order valence-electron chi connectivity index (χ3n) is 7.95. The Hall–Kier alpha value is -5.93. The monoisotopic (exact) mass is 1010 g/mol. The number of H-pyrrole nitrogens is 1. The van der Waals surface area contributed by atoms with Crippen LogP contribution in [0.4, 0.5) is 9.18 Å². The van der Waals surface area contributed by atoms with Gasteiger partial charge >= 0.3 is 6.09 Å². The Morgan fingerprint density at radius 1 is 0.909 bits per heavy atom. The molecule has 1 aliphatic rings. The first-order chi connectivity index (χ1) is 25.9. The minimum Gasteiger partial charge on any atom is -0.520 e. The third-order valence-corrected chi connectivity index (χ3v) is 7.95. The van der Waals surface area contributed by atoms with Crippen molar-refractivity contribution in [3.63, 3.8) is 0 Å². The Bertz CT molecular complexity index is 1730. The normalized spacial score (nSPS) is 12.6. The van der Waals surface area contributed by atoms with E-state index in [-0.39, 0.29) is 75.9 Å². The molecule has 0 unspecified atom stereocenters. The fourth-order valence-corrected chi connectivity index (χ4v) is 5.35. The Morgan fingerprint density at radius 3 is 2.15 bits per heavy atom. The number of aromatic nitrogens is 2. The number of fused-ring (bicyclic) bond motifs is 1. The van der Waals surface area contributed by atoms with Crippen LogP contribution in [-0.2, 0) is 35.0 Å². The number of alkyl carbamates (subject to hydrolysis) is 1. The second-order valence-electron chi connectivity index (χ2n) is 13.0. The van der Waals surface area contributed by atoms with Gasteiger partial charge in [0.15, 0.2) is 0 Å². The molecule has 3 aromatic rings. The number of hydrogen-bond acceptors (Lipinski definition) is 10. The number of piperazine rings is 1. The minimum atomic E-state index is -0.659. The van der Waals surface area contributed by atoms with E-state index in [2.05, 4.69) is 15.5 Å². The van der Waals surface area contributed by atoms with Gasteiger partial charge in [0, 0.05) is 51.1 Å². The van der Waals surface area contributed by atoms with Crippen LogP contribution in [-0.4, -0.2) is 140 Å². The number of rotatable bonds is 18. The first-order valence-electron chi connectivity index (χ1n) is 18.1. The topological polar surface area (TPSA) is 173 Å². The molecule has 17 heteroatoms. The van der Waals surface area contributed by atoms with E-state index in [0.29, 0.717) is 55.0 Å². The molecule has 308 valence electrons. The number of nitrogens with zero attached hydrogens (tertiary/aromatic N) is 4. The van der Waals surface area contributed by atoms with Crippen molar-refractivity contribution in [1.82, 2.24) is 30.2 Å². The molecule has 1 fully saturated rings. The van der Waals surface area contributed by atoms with Gasteiger partial charge in [-0.15, -0.1) is 0 Å². The van der Waals surface area contributed by atoms with Gasteiger partial charge in [-0.25, -0.2) is 14.3 Å². The molecule has 0 atom stereocenters. The Balaban J connectivity index is 0.00000343. The predicted molar refractivity (Wildman–Crippen MR) is 199 cm³/mol. The van der Waals surface area contributed by atoms with Crippen LogP contribution in [0.3, 0.4) is 0 Å². The van der Waals surface area contributed by atoms with Crippen LogP contribution in [0, 0.1) is 5.82 Å². The van der Waals surface area contributed by atoms with E-state index in [0.717, 1.165) is 0 Å². The molecule has 2 aromatic carbocycles. The van der Waals surface area contributed by atoms with Gasteiger partial charge in [-0.05, 0) is 44.5 Å². The maximum Gasteiger partial charge on any atom is 0.407 e. The quantitative estimate of drug-likeness (QED) is 0.110. The number of hydrogen-bond donors (Lipinski definition) is 2. The van der Waals surface area contributed by atoms with Crippen LogP contribution < -0.4 is 10.9 Å². The first kappa shape index (κ1) is 45.2. The van der Waals surface area contributed by atoms with E-state index in [9.17, 15) is 28.4 Å². The van der Waals surface area contributed by atoms with Crippen molar-refractivity contribution in [2.24, 2.45) is 0 Å². The summed E-state index contributed by atoms with van der Waals surface area (Å²) < 4.78 is 36.3. The Kier molecular flexibility index (Phi) is 18.9. The van der Waals surface area contributed by atoms with E-state index >= 15 is 0 Å². The standard InChI is InChI=1S/C36H46FN6O9.C2H6.Fm/c1-36(2,3)52-35(48)38-10-16-49-18-20-51-21-19-50-17-15-41(25-44)24-32(45)42-11-13-43(14-12-42)34(47)29-22-26(8-9-30(29)37)23-31-27-6-4-5-7-28(27)33(46)40-39-31;1-2;/h4-9,22H,10-21,23-24H2,1-3H3,(H,38,48)(H,40,46);1-2H3;/q-1;;. The molecule has 15 nitrogen and oxygen atoms in total. The maximum absolute atomic E-state index is 14.9. The number of carbonyl (C=O) groups excluding carboxylic acids is 4. The van der Waals surface area contributed by atoms with Crippen molar-refractivity contribution in [2.75, 3.05) is 85.5 Å². The summed E-state index contributed by atoms with van der Waals surface area (Å²) in [5, 5.41) is 10.4. The molecule has 0 saturated carbocycles. The number of amides is 4. The average molecular weight is 1010 g/mol. The van der Waals surface area contributed by atoms with Crippen molar-refractivity contribution < 1.29 is 42.5 Å². The number of halogens is 1. The molecule has 1 saturated heterocycles. The molecule has 0 radical (unpaired) electrons. The fourth-order valence-electron chi connectivity index (χ4n) is 5.35. The average Bonchev–Trinajstić information content (AvgIpc) is 3.16. The summed E-state index contributed by atoms with van der Waals surface area (Å²) >= 11 is 0. The molecule has 2 N–H and O–H groups in total. The molecular formula is C38H52FFmN6O9-. The van der Waals surface area contributed by atoms with Crippen LogP contribution >= 0.6 is 0 Å². The van der Waals surface area contributed by atoms with Crippen LogP contribution in [0.2, 0.25) is 0 Å². The molecule has 2 heterocycles. The zero-order chi connectivity index (χ0) is 39.5. The van der Waals surface area contributed by atoms with Crippen molar-refractivity contribution in [3.05, 3.63) is 75.5 Å². The van der Waals surface area contributed by atoms with E-state index < -0.39 is 23.4 Å². The van der Waals surface area contributed by atoms with E-state index in [1.54, 1.807) is 62.4 Å². The first-order valence-corrected chi connectivity index (χ1v) is 18.1. The van der Waals surface area contributed by atoms with Gasteiger partial charge in [0.2, 0.25) is 5.91 Å². The van der Waals surface area contributed by atoms with Crippen molar-refractivity contribution >= 4 is 35.1 Å². The van der Waals surface area contributed by atoms with E-state index in [1.807, 2.05) is 13.8 Å². The maximum atomic E-state index is 14.9. The molecule has 1 aliphatic heterocycles. The molecule has 55 heavy (non-hydrogen) atoms. The summed E-state index contributed by atoms with van der Waals surface area (Å²) in [7, 11) is 0. The van der Waals surface area contributed by atoms with E-state index in [4.69, 9.17) is 18.9 Å². The number of carbonyl (C=O) groups is 3. The molecule has 0 aliphatic carbocycles. The molecule has 0 bridgehead atoms. The van der Waals surface area contributed by atoms with Crippen LogP contribution in [0.15, 0.2) is 47.3 Å². The van der Waals surface area contributed by atoms with Crippen LogP contribution in [0.25, 0.3) is 10.8 Å². The van der Waals surface area contributed by atoms with Gasteiger partial charge in [0.05, 0.1) is 62.8 Å². The zero-order valence-electron chi connectivity index (χ0n) is 32.1.